The number of rotatable bonds is 3. The van der Waals surface area contributed by atoms with Gasteiger partial charge in [0.1, 0.15) is 0 Å². The van der Waals surface area contributed by atoms with Gasteiger partial charge in [0.25, 0.3) is 0 Å². The highest BCUT2D eigenvalue weighted by molar-refractivity contribution is 5.39. The maximum absolute atomic E-state index is 4.36. The Labute approximate surface area is 113 Å². The first-order chi connectivity index (χ1) is 9.42. The minimum Gasteiger partial charge on any atom is -0.333 e. The van der Waals surface area contributed by atoms with Crippen molar-refractivity contribution in [2.75, 3.05) is 6.54 Å². The van der Waals surface area contributed by atoms with Crippen molar-refractivity contribution in [1.29, 1.82) is 0 Å². The highest BCUT2D eigenvalue weighted by Crippen LogP contribution is 2.36. The lowest BCUT2D eigenvalue weighted by atomic mass is 9.77. The zero-order chi connectivity index (χ0) is 12.7. The Morgan fingerprint density at radius 2 is 2.26 bits per heavy atom. The highest BCUT2D eigenvalue weighted by Gasteiger charge is 2.27. The van der Waals surface area contributed by atoms with Crippen LogP contribution >= 0.6 is 0 Å². The average Bonchev–Trinajstić information content (AvgIpc) is 3.06. The van der Waals surface area contributed by atoms with E-state index < -0.39 is 0 Å². The predicted molar refractivity (Wildman–Crippen MR) is 75.1 cm³/mol. The molecule has 1 aliphatic heterocycles. The van der Waals surface area contributed by atoms with Crippen LogP contribution in [-0.4, -0.2) is 16.1 Å². The smallest absolute Gasteiger partial charge is 0.0948 e. The molecule has 3 nitrogen and oxygen atoms in total. The summed E-state index contributed by atoms with van der Waals surface area (Å²) in [6, 6.07) is 9.32. The maximum Gasteiger partial charge on any atom is 0.0948 e. The normalized spacial score (nSPS) is 25.1. The number of nitrogens with one attached hydrogen (secondary N) is 1. The van der Waals surface area contributed by atoms with E-state index >= 15 is 0 Å². The summed E-state index contributed by atoms with van der Waals surface area (Å²) in [5.41, 5.74) is 4.41. The number of hydrogen-bond acceptors (Lipinski definition) is 2. The van der Waals surface area contributed by atoms with Crippen molar-refractivity contribution in [2.45, 2.75) is 37.8 Å². The van der Waals surface area contributed by atoms with Gasteiger partial charge in [-0.15, -0.1) is 0 Å². The summed E-state index contributed by atoms with van der Waals surface area (Å²) in [6.45, 7) is 2.21. The monoisotopic (exact) mass is 253 g/mol. The summed E-state index contributed by atoms with van der Waals surface area (Å²) in [4.78, 5) is 4.36. The first-order valence-corrected chi connectivity index (χ1v) is 7.23. The van der Waals surface area contributed by atoms with Crippen LogP contribution in [-0.2, 0) is 13.0 Å². The van der Waals surface area contributed by atoms with Gasteiger partial charge in [-0.05, 0) is 36.9 Å². The summed E-state index contributed by atoms with van der Waals surface area (Å²) in [6.07, 6.45) is 7.77. The van der Waals surface area contributed by atoms with Gasteiger partial charge in [0.2, 0.25) is 0 Å². The van der Waals surface area contributed by atoms with E-state index in [0.29, 0.717) is 12.0 Å². The number of hydrogen-bond donors (Lipinski definition) is 1. The first-order valence-electron chi connectivity index (χ1n) is 7.23. The standard InChI is InChI=1S/C16H19N3/c1-2-5-14-12(4-1)8-13(14)10-19-11-17-9-16(19)15-6-3-7-18-15/h1-2,4-5,9,11,13,15,18H,3,6-8,10H2/t13?,15-/m0/s1. The molecule has 1 aromatic heterocycles. The Kier molecular flexibility index (Phi) is 2.66. The van der Waals surface area contributed by atoms with Crippen molar-refractivity contribution in [3.63, 3.8) is 0 Å². The Balaban J connectivity index is 1.54. The maximum atomic E-state index is 4.36. The highest BCUT2D eigenvalue weighted by atomic mass is 15.1. The van der Waals surface area contributed by atoms with Crippen LogP contribution in [0, 0.1) is 0 Å². The molecule has 1 aromatic carbocycles. The lowest BCUT2D eigenvalue weighted by Gasteiger charge is -2.31. The van der Waals surface area contributed by atoms with Gasteiger partial charge in [-0.3, -0.25) is 0 Å². The molecule has 4 rings (SSSR count). The second-order valence-corrected chi connectivity index (χ2v) is 5.72. The van der Waals surface area contributed by atoms with E-state index in [9.17, 15) is 0 Å². The van der Waals surface area contributed by atoms with E-state index in [4.69, 9.17) is 0 Å². The molecule has 0 spiro atoms. The number of aromatic nitrogens is 2. The SMILES string of the molecule is c1ccc2c(c1)CC2Cn1cncc1[C@@H]1CCCN1. The van der Waals surface area contributed by atoms with Gasteiger partial charge in [0, 0.05) is 24.7 Å². The summed E-state index contributed by atoms with van der Waals surface area (Å²) in [5, 5.41) is 3.57. The zero-order valence-electron chi connectivity index (χ0n) is 11.0. The van der Waals surface area contributed by atoms with Gasteiger partial charge in [0.15, 0.2) is 0 Å². The minimum absolute atomic E-state index is 0.512. The Hall–Kier alpha value is -1.61. The molecule has 1 fully saturated rings. The Morgan fingerprint density at radius 3 is 3.11 bits per heavy atom. The van der Waals surface area contributed by atoms with Crippen LogP contribution in [0.2, 0.25) is 0 Å². The van der Waals surface area contributed by atoms with Gasteiger partial charge >= 0.3 is 0 Å². The van der Waals surface area contributed by atoms with Crippen molar-refractivity contribution in [3.8, 4) is 0 Å². The molecule has 0 bridgehead atoms. The van der Waals surface area contributed by atoms with E-state index in [0.717, 1.165) is 13.1 Å². The van der Waals surface area contributed by atoms with E-state index in [1.807, 2.05) is 12.5 Å². The fraction of sp³-hybridized carbons (Fsp3) is 0.438. The summed E-state index contributed by atoms with van der Waals surface area (Å²) in [7, 11) is 0. The zero-order valence-corrected chi connectivity index (χ0v) is 11.0. The molecule has 3 heteroatoms. The van der Waals surface area contributed by atoms with E-state index in [1.165, 1.54) is 36.1 Å². The molecule has 19 heavy (non-hydrogen) atoms. The van der Waals surface area contributed by atoms with Crippen molar-refractivity contribution >= 4 is 0 Å². The minimum atomic E-state index is 0.512. The molecule has 0 amide bonds. The van der Waals surface area contributed by atoms with Crippen LogP contribution < -0.4 is 5.32 Å². The topological polar surface area (TPSA) is 29.9 Å². The predicted octanol–water partition coefficient (Wildman–Crippen LogP) is 2.65. The lowest BCUT2D eigenvalue weighted by molar-refractivity contribution is 0.477. The number of nitrogens with zero attached hydrogens (tertiary/aromatic N) is 2. The van der Waals surface area contributed by atoms with Crippen LogP contribution in [0.5, 0.6) is 0 Å². The molecule has 1 unspecified atom stereocenters. The molecule has 0 radical (unpaired) electrons. The lowest BCUT2D eigenvalue weighted by Crippen LogP contribution is -2.24. The molecule has 2 aromatic rings. The van der Waals surface area contributed by atoms with Crippen LogP contribution in [0.25, 0.3) is 0 Å². The van der Waals surface area contributed by atoms with Gasteiger partial charge in [-0.1, -0.05) is 24.3 Å². The fourth-order valence-electron chi connectivity index (χ4n) is 3.47. The fourth-order valence-corrected chi connectivity index (χ4v) is 3.47. The molecule has 2 aliphatic rings. The van der Waals surface area contributed by atoms with Crippen LogP contribution in [0.3, 0.4) is 0 Å². The van der Waals surface area contributed by atoms with E-state index in [2.05, 4.69) is 39.1 Å². The average molecular weight is 253 g/mol. The third-order valence-electron chi connectivity index (χ3n) is 4.54. The summed E-state index contributed by atoms with van der Waals surface area (Å²) in [5.74, 6) is 0.672. The molecule has 1 saturated heterocycles. The van der Waals surface area contributed by atoms with Gasteiger partial charge < -0.3 is 9.88 Å². The van der Waals surface area contributed by atoms with Gasteiger partial charge in [-0.25, -0.2) is 4.98 Å². The van der Waals surface area contributed by atoms with E-state index in [1.54, 1.807) is 0 Å². The number of benzene rings is 1. The van der Waals surface area contributed by atoms with E-state index in [-0.39, 0.29) is 0 Å². The molecular formula is C16H19N3. The molecule has 98 valence electrons. The van der Waals surface area contributed by atoms with Crippen LogP contribution in [0.15, 0.2) is 36.8 Å². The molecule has 1 N–H and O–H groups in total. The van der Waals surface area contributed by atoms with Crippen LogP contribution in [0.1, 0.15) is 41.6 Å². The molecular weight excluding hydrogens is 234 g/mol. The third kappa shape index (κ3) is 1.89. The second kappa shape index (κ2) is 4.49. The molecule has 0 saturated carbocycles. The molecule has 2 heterocycles. The van der Waals surface area contributed by atoms with Crippen molar-refractivity contribution in [1.82, 2.24) is 14.9 Å². The van der Waals surface area contributed by atoms with Crippen molar-refractivity contribution < 1.29 is 0 Å². The summed E-state index contributed by atoms with van der Waals surface area (Å²) >= 11 is 0. The quantitative estimate of drug-likeness (QED) is 0.911. The third-order valence-corrected chi connectivity index (χ3v) is 4.54. The van der Waals surface area contributed by atoms with Crippen molar-refractivity contribution in [3.05, 3.63) is 53.6 Å². The second-order valence-electron chi connectivity index (χ2n) is 5.72. The first kappa shape index (κ1) is 11.2. The molecule has 2 atom stereocenters. The summed E-state index contributed by atoms with van der Waals surface area (Å²) < 4.78 is 2.35. The number of imidazole rings is 1. The Bertz CT molecular complexity index is 581. The molecule has 1 aliphatic carbocycles. The van der Waals surface area contributed by atoms with Crippen molar-refractivity contribution in [2.24, 2.45) is 0 Å². The van der Waals surface area contributed by atoms with Gasteiger partial charge in [-0.2, -0.15) is 0 Å². The Morgan fingerprint density at radius 1 is 1.32 bits per heavy atom. The van der Waals surface area contributed by atoms with Gasteiger partial charge in [0.05, 0.1) is 12.0 Å². The largest absolute Gasteiger partial charge is 0.333 e. The number of fused-ring (bicyclic) bond motifs is 1. The van der Waals surface area contributed by atoms with Crippen LogP contribution in [0.4, 0.5) is 0 Å².